The summed E-state index contributed by atoms with van der Waals surface area (Å²) in [5.74, 6) is -0.368. The van der Waals surface area contributed by atoms with E-state index in [2.05, 4.69) is 10.6 Å². The normalized spacial score (nSPS) is 9.89. The Kier molecular flexibility index (Phi) is 4.69. The minimum atomic E-state index is -0.464. The second-order valence-electron chi connectivity index (χ2n) is 3.92. The Labute approximate surface area is 115 Å². The fourth-order valence-electron chi connectivity index (χ4n) is 1.58. The standard InChI is InChI=1S/C14H14N2O2S/c17-13(12-7-4-10-19-12)16-14(18)15-9-8-11-5-2-1-3-6-11/h1-7,10H,8-9H2,(H2,15,16,17,18). The highest BCUT2D eigenvalue weighted by atomic mass is 32.1. The van der Waals surface area contributed by atoms with Crippen molar-refractivity contribution < 1.29 is 9.59 Å². The molecule has 4 nitrogen and oxygen atoms in total. The number of thiophene rings is 1. The van der Waals surface area contributed by atoms with E-state index in [1.807, 2.05) is 30.3 Å². The van der Waals surface area contributed by atoms with E-state index < -0.39 is 6.03 Å². The van der Waals surface area contributed by atoms with Gasteiger partial charge in [0.1, 0.15) is 0 Å². The summed E-state index contributed by atoms with van der Waals surface area (Å²) in [6, 6.07) is 12.8. The lowest BCUT2D eigenvalue weighted by molar-refractivity contribution is 0.0968. The van der Waals surface area contributed by atoms with E-state index >= 15 is 0 Å². The number of amides is 3. The van der Waals surface area contributed by atoms with Gasteiger partial charge in [-0.2, -0.15) is 0 Å². The molecule has 19 heavy (non-hydrogen) atoms. The molecule has 1 aromatic carbocycles. The molecule has 0 atom stereocenters. The summed E-state index contributed by atoms with van der Waals surface area (Å²) in [6.45, 7) is 0.494. The van der Waals surface area contributed by atoms with Crippen molar-refractivity contribution in [3.8, 4) is 0 Å². The van der Waals surface area contributed by atoms with Crippen molar-refractivity contribution in [2.24, 2.45) is 0 Å². The second-order valence-corrected chi connectivity index (χ2v) is 4.87. The van der Waals surface area contributed by atoms with Gasteiger partial charge in [-0.15, -0.1) is 11.3 Å². The minimum absolute atomic E-state index is 0.368. The van der Waals surface area contributed by atoms with Crippen LogP contribution in [0.5, 0.6) is 0 Å². The molecule has 0 aliphatic heterocycles. The average Bonchev–Trinajstić information content (AvgIpc) is 2.94. The van der Waals surface area contributed by atoms with E-state index in [-0.39, 0.29) is 5.91 Å². The molecule has 98 valence electrons. The lowest BCUT2D eigenvalue weighted by Crippen LogP contribution is -2.40. The van der Waals surface area contributed by atoms with Crippen LogP contribution in [-0.4, -0.2) is 18.5 Å². The van der Waals surface area contributed by atoms with Crippen LogP contribution in [0.25, 0.3) is 0 Å². The van der Waals surface area contributed by atoms with Crippen LogP contribution in [0.1, 0.15) is 15.2 Å². The van der Waals surface area contributed by atoms with Crippen molar-refractivity contribution in [1.82, 2.24) is 10.6 Å². The monoisotopic (exact) mass is 274 g/mol. The Morgan fingerprint density at radius 3 is 2.53 bits per heavy atom. The van der Waals surface area contributed by atoms with Gasteiger partial charge in [0.2, 0.25) is 0 Å². The average molecular weight is 274 g/mol. The SMILES string of the molecule is O=C(NCCc1ccccc1)NC(=O)c1cccs1. The summed E-state index contributed by atoms with van der Waals surface area (Å²) in [6.07, 6.45) is 0.738. The highest BCUT2D eigenvalue weighted by Crippen LogP contribution is 2.07. The maximum atomic E-state index is 11.6. The summed E-state index contributed by atoms with van der Waals surface area (Å²) in [5, 5.41) is 6.74. The van der Waals surface area contributed by atoms with E-state index in [9.17, 15) is 9.59 Å². The van der Waals surface area contributed by atoms with Crippen LogP contribution in [0.2, 0.25) is 0 Å². The van der Waals surface area contributed by atoms with Crippen LogP contribution in [-0.2, 0) is 6.42 Å². The topological polar surface area (TPSA) is 58.2 Å². The molecule has 0 fully saturated rings. The first-order valence-corrected chi connectivity index (χ1v) is 6.80. The summed E-state index contributed by atoms with van der Waals surface area (Å²) < 4.78 is 0. The van der Waals surface area contributed by atoms with E-state index in [1.165, 1.54) is 11.3 Å². The molecule has 0 unspecified atom stereocenters. The summed E-state index contributed by atoms with van der Waals surface area (Å²) in [7, 11) is 0. The predicted molar refractivity (Wildman–Crippen MR) is 75.3 cm³/mol. The van der Waals surface area contributed by atoms with Crippen LogP contribution in [0.4, 0.5) is 4.79 Å². The zero-order chi connectivity index (χ0) is 13.5. The molecule has 0 saturated heterocycles. The Balaban J connectivity index is 1.72. The van der Waals surface area contributed by atoms with E-state index in [1.54, 1.807) is 17.5 Å². The molecular formula is C14H14N2O2S. The van der Waals surface area contributed by atoms with Gasteiger partial charge in [-0.05, 0) is 23.4 Å². The van der Waals surface area contributed by atoms with E-state index in [4.69, 9.17) is 0 Å². The molecule has 0 spiro atoms. The molecular weight excluding hydrogens is 260 g/mol. The van der Waals surface area contributed by atoms with Crippen molar-refractivity contribution in [3.63, 3.8) is 0 Å². The molecule has 3 amide bonds. The molecule has 1 heterocycles. The maximum Gasteiger partial charge on any atom is 0.321 e. The molecule has 0 aliphatic carbocycles. The highest BCUT2D eigenvalue weighted by Gasteiger charge is 2.09. The number of benzene rings is 1. The number of rotatable bonds is 4. The Morgan fingerprint density at radius 2 is 1.84 bits per heavy atom. The molecule has 0 bridgehead atoms. The third-order valence-corrected chi connectivity index (χ3v) is 3.38. The lowest BCUT2D eigenvalue weighted by Gasteiger charge is -2.05. The first kappa shape index (κ1) is 13.3. The van der Waals surface area contributed by atoms with Crippen LogP contribution in [0, 0.1) is 0 Å². The van der Waals surface area contributed by atoms with Gasteiger partial charge in [0.05, 0.1) is 4.88 Å². The molecule has 0 radical (unpaired) electrons. The van der Waals surface area contributed by atoms with Crippen LogP contribution in [0.3, 0.4) is 0 Å². The number of nitrogens with one attached hydrogen (secondary N) is 2. The first-order valence-electron chi connectivity index (χ1n) is 5.92. The predicted octanol–water partition coefficient (Wildman–Crippen LogP) is 2.43. The van der Waals surface area contributed by atoms with E-state index in [0.717, 1.165) is 12.0 Å². The summed E-state index contributed by atoms with van der Waals surface area (Å²) >= 11 is 1.30. The largest absolute Gasteiger partial charge is 0.337 e. The summed E-state index contributed by atoms with van der Waals surface area (Å²) in [4.78, 5) is 23.6. The highest BCUT2D eigenvalue weighted by molar-refractivity contribution is 7.12. The van der Waals surface area contributed by atoms with Gasteiger partial charge in [0.15, 0.2) is 0 Å². The molecule has 2 aromatic rings. The van der Waals surface area contributed by atoms with Gasteiger partial charge < -0.3 is 5.32 Å². The second kappa shape index (κ2) is 6.70. The number of urea groups is 1. The fourth-order valence-corrected chi connectivity index (χ4v) is 2.20. The van der Waals surface area contributed by atoms with Gasteiger partial charge in [0.25, 0.3) is 5.91 Å². The van der Waals surface area contributed by atoms with Gasteiger partial charge in [-0.1, -0.05) is 36.4 Å². The van der Waals surface area contributed by atoms with Crippen LogP contribution >= 0.6 is 11.3 Å². The zero-order valence-corrected chi connectivity index (χ0v) is 11.1. The smallest absolute Gasteiger partial charge is 0.321 e. The van der Waals surface area contributed by atoms with Crippen molar-refractivity contribution >= 4 is 23.3 Å². The number of hydrogen-bond donors (Lipinski definition) is 2. The molecule has 1 aromatic heterocycles. The molecule has 2 N–H and O–H groups in total. The van der Waals surface area contributed by atoms with Gasteiger partial charge >= 0.3 is 6.03 Å². The molecule has 0 saturated carbocycles. The van der Waals surface area contributed by atoms with Gasteiger partial charge in [0, 0.05) is 6.54 Å². The number of carbonyl (C=O) groups excluding carboxylic acids is 2. The first-order chi connectivity index (χ1) is 9.25. The maximum absolute atomic E-state index is 11.6. The number of carbonyl (C=O) groups is 2. The number of hydrogen-bond acceptors (Lipinski definition) is 3. The fraction of sp³-hybridized carbons (Fsp3) is 0.143. The molecule has 5 heteroatoms. The van der Waals surface area contributed by atoms with Crippen molar-refractivity contribution in [2.45, 2.75) is 6.42 Å². The summed E-state index contributed by atoms with van der Waals surface area (Å²) in [5.41, 5.74) is 1.15. The van der Waals surface area contributed by atoms with E-state index in [0.29, 0.717) is 11.4 Å². The van der Waals surface area contributed by atoms with Crippen molar-refractivity contribution in [3.05, 3.63) is 58.3 Å². The van der Waals surface area contributed by atoms with Gasteiger partial charge in [-0.3, -0.25) is 10.1 Å². The lowest BCUT2D eigenvalue weighted by atomic mass is 10.1. The quantitative estimate of drug-likeness (QED) is 0.899. The van der Waals surface area contributed by atoms with Gasteiger partial charge in [-0.25, -0.2) is 4.79 Å². The van der Waals surface area contributed by atoms with Crippen molar-refractivity contribution in [1.29, 1.82) is 0 Å². The third-order valence-electron chi connectivity index (χ3n) is 2.51. The van der Waals surface area contributed by atoms with Crippen LogP contribution < -0.4 is 10.6 Å². The van der Waals surface area contributed by atoms with Crippen LogP contribution in [0.15, 0.2) is 47.8 Å². The Bertz CT molecular complexity index is 538. The number of imide groups is 1. The van der Waals surface area contributed by atoms with Crippen molar-refractivity contribution in [2.75, 3.05) is 6.54 Å². The Hall–Kier alpha value is -2.14. The molecule has 0 aliphatic rings. The zero-order valence-electron chi connectivity index (χ0n) is 10.3. The minimum Gasteiger partial charge on any atom is -0.337 e. The third kappa shape index (κ3) is 4.22. The Morgan fingerprint density at radius 1 is 1.05 bits per heavy atom. The molecule has 2 rings (SSSR count).